The molecule has 0 saturated heterocycles. The fourth-order valence-electron chi connectivity index (χ4n) is 2.21. The lowest BCUT2D eigenvalue weighted by molar-refractivity contribution is 0.102. The van der Waals surface area contributed by atoms with Gasteiger partial charge in [0.25, 0.3) is 5.91 Å². The molecule has 3 nitrogen and oxygen atoms in total. The maximum atomic E-state index is 12.2. The van der Waals surface area contributed by atoms with Crippen LogP contribution in [-0.2, 0) is 0 Å². The van der Waals surface area contributed by atoms with E-state index in [-0.39, 0.29) is 5.91 Å². The standard InChI is InChI=1S/C17H21NO2/c1-5-11(2)14-7-6-8-15(10-14)18-17(19)16-9-12(3)20-13(16)4/h6-11H,5H2,1-4H3,(H,18,19). The van der Waals surface area contributed by atoms with E-state index in [1.807, 2.05) is 25.1 Å². The second kappa shape index (κ2) is 5.95. The van der Waals surface area contributed by atoms with E-state index in [0.717, 1.165) is 17.9 Å². The van der Waals surface area contributed by atoms with Gasteiger partial charge in [-0.15, -0.1) is 0 Å². The Bertz CT molecular complexity index is 613. The predicted molar refractivity (Wildman–Crippen MR) is 81.3 cm³/mol. The van der Waals surface area contributed by atoms with Crippen molar-refractivity contribution in [2.24, 2.45) is 0 Å². The molecule has 0 spiro atoms. The predicted octanol–water partition coefficient (Wildman–Crippen LogP) is 4.66. The molecular formula is C17H21NO2. The highest BCUT2D eigenvalue weighted by Gasteiger charge is 2.14. The number of hydrogen-bond donors (Lipinski definition) is 1. The van der Waals surface area contributed by atoms with Crippen molar-refractivity contribution in [3.05, 3.63) is 53.0 Å². The molecule has 0 aliphatic carbocycles. The Morgan fingerprint density at radius 2 is 2.05 bits per heavy atom. The van der Waals surface area contributed by atoms with Gasteiger partial charge in [-0.3, -0.25) is 4.79 Å². The van der Waals surface area contributed by atoms with E-state index in [9.17, 15) is 4.79 Å². The van der Waals surface area contributed by atoms with E-state index in [1.165, 1.54) is 5.56 Å². The van der Waals surface area contributed by atoms with Gasteiger partial charge in [-0.05, 0) is 49.9 Å². The van der Waals surface area contributed by atoms with E-state index in [4.69, 9.17) is 4.42 Å². The van der Waals surface area contributed by atoms with Crippen LogP contribution in [0.2, 0.25) is 0 Å². The van der Waals surface area contributed by atoms with Gasteiger partial charge < -0.3 is 9.73 Å². The quantitative estimate of drug-likeness (QED) is 0.878. The van der Waals surface area contributed by atoms with Crippen molar-refractivity contribution in [1.29, 1.82) is 0 Å². The molecule has 2 rings (SSSR count). The fourth-order valence-corrected chi connectivity index (χ4v) is 2.21. The summed E-state index contributed by atoms with van der Waals surface area (Å²) in [5.74, 6) is 1.77. The van der Waals surface area contributed by atoms with Crippen molar-refractivity contribution in [3.8, 4) is 0 Å². The summed E-state index contributed by atoms with van der Waals surface area (Å²) in [6, 6.07) is 9.78. The summed E-state index contributed by atoms with van der Waals surface area (Å²) in [6.45, 7) is 7.99. The first-order chi connectivity index (χ1) is 9.51. The zero-order valence-corrected chi connectivity index (χ0v) is 12.5. The maximum absolute atomic E-state index is 12.2. The van der Waals surface area contributed by atoms with Crippen molar-refractivity contribution < 1.29 is 9.21 Å². The van der Waals surface area contributed by atoms with Crippen LogP contribution in [0.15, 0.2) is 34.7 Å². The minimum Gasteiger partial charge on any atom is -0.466 e. The van der Waals surface area contributed by atoms with Gasteiger partial charge in [0.05, 0.1) is 5.56 Å². The molecule has 1 aromatic heterocycles. The highest BCUT2D eigenvalue weighted by molar-refractivity contribution is 6.05. The van der Waals surface area contributed by atoms with Crippen molar-refractivity contribution in [3.63, 3.8) is 0 Å². The summed E-state index contributed by atoms with van der Waals surface area (Å²) < 4.78 is 5.39. The van der Waals surface area contributed by atoms with Gasteiger partial charge in [0.2, 0.25) is 0 Å². The Balaban J connectivity index is 2.18. The van der Waals surface area contributed by atoms with Crippen LogP contribution in [0.3, 0.4) is 0 Å². The number of aryl methyl sites for hydroxylation is 2. The number of carbonyl (C=O) groups is 1. The molecule has 0 saturated carbocycles. The first kappa shape index (κ1) is 14.4. The third kappa shape index (κ3) is 3.10. The smallest absolute Gasteiger partial charge is 0.259 e. The highest BCUT2D eigenvalue weighted by atomic mass is 16.3. The number of nitrogens with one attached hydrogen (secondary N) is 1. The molecule has 1 atom stereocenters. The summed E-state index contributed by atoms with van der Waals surface area (Å²) in [4.78, 5) is 12.2. The molecule has 20 heavy (non-hydrogen) atoms. The molecule has 1 N–H and O–H groups in total. The number of benzene rings is 1. The van der Waals surface area contributed by atoms with Gasteiger partial charge in [-0.2, -0.15) is 0 Å². The maximum Gasteiger partial charge on any atom is 0.259 e. The van der Waals surface area contributed by atoms with Gasteiger partial charge in [0.1, 0.15) is 11.5 Å². The van der Waals surface area contributed by atoms with Crippen molar-refractivity contribution in [2.45, 2.75) is 40.0 Å². The summed E-state index contributed by atoms with van der Waals surface area (Å²) >= 11 is 0. The van der Waals surface area contributed by atoms with Gasteiger partial charge >= 0.3 is 0 Å². The van der Waals surface area contributed by atoms with Gasteiger partial charge in [0.15, 0.2) is 0 Å². The van der Waals surface area contributed by atoms with Crippen molar-refractivity contribution >= 4 is 11.6 Å². The minimum atomic E-state index is -0.124. The number of amides is 1. The molecule has 0 radical (unpaired) electrons. The van der Waals surface area contributed by atoms with Crippen LogP contribution in [0.1, 0.15) is 53.6 Å². The number of furan rings is 1. The number of rotatable bonds is 4. The Morgan fingerprint density at radius 1 is 1.30 bits per heavy atom. The Labute approximate surface area is 120 Å². The summed E-state index contributed by atoms with van der Waals surface area (Å²) in [7, 11) is 0. The summed E-state index contributed by atoms with van der Waals surface area (Å²) in [5, 5.41) is 2.93. The fraction of sp³-hybridized carbons (Fsp3) is 0.353. The second-order valence-corrected chi connectivity index (χ2v) is 5.22. The minimum absolute atomic E-state index is 0.124. The largest absolute Gasteiger partial charge is 0.466 e. The molecule has 1 heterocycles. The van der Waals surface area contributed by atoms with Crippen LogP contribution >= 0.6 is 0 Å². The van der Waals surface area contributed by atoms with Crippen LogP contribution < -0.4 is 5.32 Å². The molecule has 1 unspecified atom stereocenters. The van der Waals surface area contributed by atoms with Crippen molar-refractivity contribution in [1.82, 2.24) is 0 Å². The molecule has 3 heteroatoms. The van der Waals surface area contributed by atoms with Crippen LogP contribution in [0.5, 0.6) is 0 Å². The SMILES string of the molecule is CCC(C)c1cccc(NC(=O)c2cc(C)oc2C)c1. The Morgan fingerprint density at radius 3 is 2.65 bits per heavy atom. The van der Waals surface area contributed by atoms with Crippen molar-refractivity contribution in [2.75, 3.05) is 5.32 Å². The second-order valence-electron chi connectivity index (χ2n) is 5.22. The first-order valence-electron chi connectivity index (χ1n) is 6.99. The average molecular weight is 271 g/mol. The van der Waals surface area contributed by atoms with Crippen LogP contribution in [0.4, 0.5) is 5.69 Å². The first-order valence-corrected chi connectivity index (χ1v) is 6.99. The molecule has 106 valence electrons. The molecule has 0 bridgehead atoms. The zero-order valence-electron chi connectivity index (χ0n) is 12.5. The molecule has 0 aliphatic rings. The van der Waals surface area contributed by atoms with Gasteiger partial charge in [-0.1, -0.05) is 26.0 Å². The van der Waals surface area contributed by atoms with Gasteiger partial charge in [0, 0.05) is 5.69 Å². The van der Waals surface area contributed by atoms with E-state index < -0.39 is 0 Å². The number of hydrogen-bond acceptors (Lipinski definition) is 2. The lowest BCUT2D eigenvalue weighted by Crippen LogP contribution is -2.12. The van der Waals surface area contributed by atoms with Crippen LogP contribution in [0.25, 0.3) is 0 Å². The third-order valence-electron chi connectivity index (χ3n) is 3.61. The average Bonchev–Trinajstić information content (AvgIpc) is 2.77. The Kier molecular flexibility index (Phi) is 4.28. The monoisotopic (exact) mass is 271 g/mol. The summed E-state index contributed by atoms with van der Waals surface area (Å²) in [6.07, 6.45) is 1.08. The molecule has 0 fully saturated rings. The Hall–Kier alpha value is -2.03. The number of anilines is 1. The zero-order chi connectivity index (χ0) is 14.7. The molecule has 0 aliphatic heterocycles. The summed E-state index contributed by atoms with van der Waals surface area (Å²) in [5.41, 5.74) is 2.66. The molecule has 2 aromatic rings. The topological polar surface area (TPSA) is 42.2 Å². The molecular weight excluding hydrogens is 250 g/mol. The van der Waals surface area contributed by atoms with Crippen LogP contribution in [0, 0.1) is 13.8 Å². The number of carbonyl (C=O) groups excluding carboxylic acids is 1. The van der Waals surface area contributed by atoms with E-state index >= 15 is 0 Å². The van der Waals surface area contributed by atoms with E-state index in [0.29, 0.717) is 17.2 Å². The van der Waals surface area contributed by atoms with E-state index in [1.54, 1.807) is 13.0 Å². The normalized spacial score (nSPS) is 12.2. The molecule has 1 amide bonds. The lowest BCUT2D eigenvalue weighted by Gasteiger charge is -2.11. The van der Waals surface area contributed by atoms with Crippen LogP contribution in [-0.4, -0.2) is 5.91 Å². The third-order valence-corrected chi connectivity index (χ3v) is 3.61. The van der Waals surface area contributed by atoms with Gasteiger partial charge in [-0.25, -0.2) is 0 Å². The molecule has 1 aromatic carbocycles. The highest BCUT2D eigenvalue weighted by Crippen LogP contribution is 2.22. The van der Waals surface area contributed by atoms with E-state index in [2.05, 4.69) is 25.2 Å². The lowest BCUT2D eigenvalue weighted by atomic mass is 9.98.